The van der Waals surface area contributed by atoms with Crippen LogP contribution in [0.5, 0.6) is 0 Å². The molecule has 1 unspecified atom stereocenters. The minimum absolute atomic E-state index is 0.167. The second-order valence-corrected chi connectivity index (χ2v) is 4.96. The topological polar surface area (TPSA) is 66.6 Å². The summed E-state index contributed by atoms with van der Waals surface area (Å²) < 4.78 is 13.6. The number of carbonyl (C=O) groups is 2. The van der Waals surface area contributed by atoms with Crippen LogP contribution in [0.15, 0.2) is 24.3 Å². The van der Waals surface area contributed by atoms with Crippen molar-refractivity contribution in [2.45, 2.75) is 19.5 Å². The van der Waals surface area contributed by atoms with Gasteiger partial charge in [-0.2, -0.15) is 0 Å². The zero-order valence-electron chi connectivity index (χ0n) is 11.4. The normalized spacial score (nSPS) is 19.9. The fourth-order valence-electron chi connectivity index (χ4n) is 2.47. The summed E-state index contributed by atoms with van der Waals surface area (Å²) in [6.45, 7) is 3.18. The second-order valence-electron chi connectivity index (χ2n) is 4.96. The molecular formula is C14H18FN3O2. The molecule has 1 aliphatic rings. The number of rotatable bonds is 3. The molecule has 0 saturated carbocycles. The van der Waals surface area contributed by atoms with Crippen LogP contribution in [-0.2, 0) is 16.1 Å². The third-order valence-electron chi connectivity index (χ3n) is 3.55. The molecule has 1 atom stereocenters. The molecule has 1 heterocycles. The van der Waals surface area contributed by atoms with Crippen LogP contribution in [0, 0.1) is 5.82 Å². The lowest BCUT2D eigenvalue weighted by Crippen LogP contribution is -2.59. The fourth-order valence-corrected chi connectivity index (χ4v) is 2.47. The van der Waals surface area contributed by atoms with Gasteiger partial charge in [-0.25, -0.2) is 4.39 Å². The number of benzene rings is 1. The van der Waals surface area contributed by atoms with Gasteiger partial charge in [-0.15, -0.1) is 0 Å². The monoisotopic (exact) mass is 279 g/mol. The van der Waals surface area contributed by atoms with Crippen LogP contribution in [0.4, 0.5) is 4.39 Å². The van der Waals surface area contributed by atoms with E-state index in [0.29, 0.717) is 31.7 Å². The number of primary amides is 1. The van der Waals surface area contributed by atoms with E-state index in [4.69, 9.17) is 5.73 Å². The first-order valence-corrected chi connectivity index (χ1v) is 6.51. The molecule has 2 amide bonds. The number of halogens is 1. The SMILES string of the molecule is CC(=O)N1CCN(Cc2ccccc2F)CC1C(N)=O. The Balaban J connectivity index is 2.07. The van der Waals surface area contributed by atoms with Crippen LogP contribution in [0.2, 0.25) is 0 Å². The number of hydrogen-bond acceptors (Lipinski definition) is 3. The molecule has 108 valence electrons. The lowest BCUT2D eigenvalue weighted by molar-refractivity contribution is -0.141. The van der Waals surface area contributed by atoms with Gasteiger partial charge in [0, 0.05) is 38.7 Å². The van der Waals surface area contributed by atoms with E-state index in [1.54, 1.807) is 18.2 Å². The summed E-state index contributed by atoms with van der Waals surface area (Å²) in [7, 11) is 0. The van der Waals surface area contributed by atoms with E-state index in [2.05, 4.69) is 0 Å². The van der Waals surface area contributed by atoms with Gasteiger partial charge < -0.3 is 10.6 Å². The highest BCUT2D eigenvalue weighted by atomic mass is 19.1. The van der Waals surface area contributed by atoms with Crippen LogP contribution in [0.25, 0.3) is 0 Å². The van der Waals surface area contributed by atoms with E-state index in [9.17, 15) is 14.0 Å². The minimum Gasteiger partial charge on any atom is -0.368 e. The molecule has 0 bridgehead atoms. The quantitative estimate of drug-likeness (QED) is 0.868. The summed E-state index contributed by atoms with van der Waals surface area (Å²) in [5.41, 5.74) is 5.92. The van der Waals surface area contributed by atoms with Crippen LogP contribution in [0.3, 0.4) is 0 Å². The lowest BCUT2D eigenvalue weighted by atomic mass is 10.1. The molecule has 5 nitrogen and oxygen atoms in total. The van der Waals surface area contributed by atoms with Crippen molar-refractivity contribution in [1.29, 1.82) is 0 Å². The summed E-state index contributed by atoms with van der Waals surface area (Å²) in [5.74, 6) is -0.963. The van der Waals surface area contributed by atoms with Crippen LogP contribution >= 0.6 is 0 Å². The van der Waals surface area contributed by atoms with Crippen molar-refractivity contribution in [1.82, 2.24) is 9.80 Å². The summed E-state index contributed by atoms with van der Waals surface area (Å²) in [6, 6.07) is 5.89. The number of hydrogen-bond donors (Lipinski definition) is 1. The van der Waals surface area contributed by atoms with E-state index in [-0.39, 0.29) is 11.7 Å². The van der Waals surface area contributed by atoms with Gasteiger partial charge in [0.15, 0.2) is 0 Å². The van der Waals surface area contributed by atoms with Crippen molar-refractivity contribution in [2.24, 2.45) is 5.73 Å². The minimum atomic E-state index is -0.645. The Morgan fingerprint density at radius 3 is 2.65 bits per heavy atom. The molecule has 1 saturated heterocycles. The van der Waals surface area contributed by atoms with Gasteiger partial charge in [0.2, 0.25) is 11.8 Å². The fraction of sp³-hybridized carbons (Fsp3) is 0.429. The summed E-state index contributed by atoms with van der Waals surface area (Å²) in [6.07, 6.45) is 0. The molecular weight excluding hydrogens is 261 g/mol. The Morgan fingerprint density at radius 1 is 1.35 bits per heavy atom. The number of carbonyl (C=O) groups excluding carboxylic acids is 2. The number of amides is 2. The Morgan fingerprint density at radius 2 is 2.05 bits per heavy atom. The van der Waals surface area contributed by atoms with Crippen molar-refractivity contribution < 1.29 is 14.0 Å². The molecule has 1 fully saturated rings. The second kappa shape index (κ2) is 6.00. The number of piperazine rings is 1. The van der Waals surface area contributed by atoms with Gasteiger partial charge in [-0.05, 0) is 6.07 Å². The Labute approximate surface area is 117 Å². The highest BCUT2D eigenvalue weighted by Gasteiger charge is 2.32. The molecule has 6 heteroatoms. The maximum Gasteiger partial charge on any atom is 0.241 e. The Hall–Kier alpha value is -1.95. The van der Waals surface area contributed by atoms with E-state index in [0.717, 1.165) is 0 Å². The van der Waals surface area contributed by atoms with Gasteiger partial charge >= 0.3 is 0 Å². The predicted octanol–water partition coefficient (Wildman–Crippen LogP) is 0.344. The largest absolute Gasteiger partial charge is 0.368 e. The molecule has 1 aromatic carbocycles. The first-order valence-electron chi connectivity index (χ1n) is 6.51. The number of nitrogens with two attached hydrogens (primary N) is 1. The third kappa shape index (κ3) is 3.14. The lowest BCUT2D eigenvalue weighted by Gasteiger charge is -2.39. The van der Waals surface area contributed by atoms with Gasteiger partial charge in [0.05, 0.1) is 0 Å². The zero-order valence-corrected chi connectivity index (χ0v) is 11.4. The predicted molar refractivity (Wildman–Crippen MR) is 72.0 cm³/mol. The highest BCUT2D eigenvalue weighted by Crippen LogP contribution is 2.15. The van der Waals surface area contributed by atoms with E-state index >= 15 is 0 Å². The van der Waals surface area contributed by atoms with Crippen molar-refractivity contribution in [3.63, 3.8) is 0 Å². The van der Waals surface area contributed by atoms with Gasteiger partial charge in [0.1, 0.15) is 11.9 Å². The first kappa shape index (κ1) is 14.5. The first-order chi connectivity index (χ1) is 9.49. The molecule has 20 heavy (non-hydrogen) atoms. The molecule has 1 aliphatic heterocycles. The van der Waals surface area contributed by atoms with Crippen molar-refractivity contribution in [2.75, 3.05) is 19.6 Å². The molecule has 2 rings (SSSR count). The average Bonchev–Trinajstić information content (AvgIpc) is 2.41. The van der Waals surface area contributed by atoms with E-state index < -0.39 is 11.9 Å². The van der Waals surface area contributed by atoms with Gasteiger partial charge in [-0.3, -0.25) is 14.5 Å². The summed E-state index contributed by atoms with van der Waals surface area (Å²) in [4.78, 5) is 26.3. The van der Waals surface area contributed by atoms with Crippen LogP contribution < -0.4 is 5.73 Å². The zero-order chi connectivity index (χ0) is 14.7. The molecule has 0 aliphatic carbocycles. The third-order valence-corrected chi connectivity index (χ3v) is 3.55. The standard InChI is InChI=1S/C14H18FN3O2/c1-10(19)18-7-6-17(9-13(18)14(16)20)8-11-4-2-3-5-12(11)15/h2-5,13H,6-9H2,1H3,(H2,16,20). The Kier molecular flexibility index (Phi) is 4.34. The molecule has 1 aromatic rings. The molecule has 2 N–H and O–H groups in total. The summed E-state index contributed by atoms with van der Waals surface area (Å²) >= 11 is 0. The Bertz CT molecular complexity index is 521. The van der Waals surface area contributed by atoms with Gasteiger partial charge in [0.25, 0.3) is 0 Å². The van der Waals surface area contributed by atoms with Crippen molar-refractivity contribution >= 4 is 11.8 Å². The highest BCUT2D eigenvalue weighted by molar-refractivity contribution is 5.86. The van der Waals surface area contributed by atoms with Crippen LogP contribution in [0.1, 0.15) is 12.5 Å². The average molecular weight is 279 g/mol. The number of nitrogens with zero attached hydrogens (tertiary/aromatic N) is 2. The van der Waals surface area contributed by atoms with Crippen LogP contribution in [-0.4, -0.2) is 47.3 Å². The smallest absolute Gasteiger partial charge is 0.241 e. The summed E-state index contributed by atoms with van der Waals surface area (Å²) in [5, 5.41) is 0. The maximum atomic E-state index is 13.6. The molecule has 0 radical (unpaired) electrons. The molecule has 0 aromatic heterocycles. The van der Waals surface area contributed by atoms with E-state index in [1.807, 2.05) is 4.90 Å². The van der Waals surface area contributed by atoms with Crippen molar-refractivity contribution in [3.05, 3.63) is 35.6 Å². The van der Waals surface area contributed by atoms with E-state index in [1.165, 1.54) is 17.9 Å². The maximum absolute atomic E-state index is 13.6. The van der Waals surface area contributed by atoms with Crippen molar-refractivity contribution in [3.8, 4) is 0 Å². The van der Waals surface area contributed by atoms with Gasteiger partial charge in [-0.1, -0.05) is 18.2 Å². The molecule has 0 spiro atoms.